The van der Waals surface area contributed by atoms with Gasteiger partial charge in [-0.15, -0.1) is 0 Å². The second kappa shape index (κ2) is 17.7. The largest absolute Gasteiger partial charge is 0.497 e. The molecule has 7 rings (SSSR count). The number of anilines is 1. The van der Waals surface area contributed by atoms with Crippen LogP contribution in [0.5, 0.6) is 11.5 Å². The van der Waals surface area contributed by atoms with E-state index < -0.39 is 30.3 Å². The summed E-state index contributed by atoms with van der Waals surface area (Å²) in [6.07, 6.45) is 2.18. The third-order valence-electron chi connectivity index (χ3n) is 9.69. The number of fused-ring (bicyclic) bond motifs is 1. The molecule has 0 aliphatic rings. The van der Waals surface area contributed by atoms with Crippen LogP contribution in [0.2, 0.25) is 0 Å². The zero-order valence-electron chi connectivity index (χ0n) is 31.4. The standard InChI is InChI=1S/C45H41N5O7/c1-54-37-22-18-34(19-23-37)45(33-16-10-5-11-17-33,35-20-24-38(55-2)25-21-35)57-39(27-51)26-36(28-56-44(53)32-14-8-4-9-15-32)50-30-48-40-41(46-29-47-42(40)50)49-43(52)31-12-6-3-7-13-31/h3-25,29-30,36,39,51H,26-28H2,1-2H3,(H,46,47,49,52). The molecule has 2 aromatic heterocycles. The molecule has 0 aliphatic heterocycles. The first-order chi connectivity index (χ1) is 27.9. The number of hydrogen-bond acceptors (Lipinski definition) is 10. The Balaban J connectivity index is 1.29. The number of hydrogen-bond donors (Lipinski definition) is 2. The van der Waals surface area contributed by atoms with Gasteiger partial charge in [0.2, 0.25) is 0 Å². The number of rotatable bonds is 16. The van der Waals surface area contributed by atoms with E-state index in [9.17, 15) is 14.7 Å². The number of ether oxygens (including phenoxy) is 4. The van der Waals surface area contributed by atoms with Crippen molar-refractivity contribution in [2.45, 2.75) is 24.2 Å². The van der Waals surface area contributed by atoms with Gasteiger partial charge in [0.1, 0.15) is 30.0 Å². The van der Waals surface area contributed by atoms with Crippen molar-refractivity contribution in [3.05, 3.63) is 180 Å². The van der Waals surface area contributed by atoms with Crippen LogP contribution in [0, 0.1) is 0 Å². The van der Waals surface area contributed by atoms with E-state index in [1.165, 1.54) is 6.33 Å². The van der Waals surface area contributed by atoms with Crippen molar-refractivity contribution < 1.29 is 33.6 Å². The summed E-state index contributed by atoms with van der Waals surface area (Å²) in [5, 5.41) is 14.0. The van der Waals surface area contributed by atoms with Crippen molar-refractivity contribution in [3.63, 3.8) is 0 Å². The number of methoxy groups -OCH3 is 2. The minimum atomic E-state index is -1.24. The SMILES string of the molecule is COc1ccc(C(OC(CO)CC(COC(=O)c2ccccc2)n2cnc3c(NC(=O)c4ccccc4)ncnc32)(c2ccccc2)c2ccc(OC)cc2)cc1. The summed E-state index contributed by atoms with van der Waals surface area (Å²) in [7, 11) is 3.22. The van der Waals surface area contributed by atoms with Crippen molar-refractivity contribution in [3.8, 4) is 11.5 Å². The van der Waals surface area contributed by atoms with Gasteiger partial charge in [-0.2, -0.15) is 0 Å². The third-order valence-corrected chi connectivity index (χ3v) is 9.69. The van der Waals surface area contributed by atoms with Crippen LogP contribution in [0.25, 0.3) is 11.2 Å². The highest BCUT2D eigenvalue weighted by atomic mass is 16.5. The molecule has 0 aliphatic carbocycles. The zero-order valence-corrected chi connectivity index (χ0v) is 31.4. The number of benzene rings is 5. The van der Waals surface area contributed by atoms with E-state index in [0.29, 0.717) is 33.8 Å². The van der Waals surface area contributed by atoms with Gasteiger partial charge >= 0.3 is 5.97 Å². The van der Waals surface area contributed by atoms with Gasteiger partial charge in [-0.05, 0) is 65.2 Å². The van der Waals surface area contributed by atoms with Crippen LogP contribution in [0.15, 0.2) is 152 Å². The quantitative estimate of drug-likeness (QED) is 0.0762. The fourth-order valence-corrected chi connectivity index (χ4v) is 6.81. The van der Waals surface area contributed by atoms with Gasteiger partial charge in [0.25, 0.3) is 5.91 Å². The Morgan fingerprint density at radius 2 is 1.25 bits per heavy atom. The maximum Gasteiger partial charge on any atom is 0.338 e. The number of nitrogens with one attached hydrogen (secondary N) is 1. The summed E-state index contributed by atoms with van der Waals surface area (Å²) in [5.74, 6) is 0.670. The molecule has 0 fully saturated rings. The van der Waals surface area contributed by atoms with Crippen LogP contribution in [-0.4, -0.2) is 70.0 Å². The molecule has 2 heterocycles. The minimum Gasteiger partial charge on any atom is -0.497 e. The van der Waals surface area contributed by atoms with Gasteiger partial charge in [-0.25, -0.2) is 19.7 Å². The van der Waals surface area contributed by atoms with Crippen molar-refractivity contribution in [2.24, 2.45) is 0 Å². The lowest BCUT2D eigenvalue weighted by Gasteiger charge is -2.39. The van der Waals surface area contributed by atoms with E-state index in [1.54, 1.807) is 73.6 Å². The fraction of sp³-hybridized carbons (Fsp3) is 0.178. The first-order valence-corrected chi connectivity index (χ1v) is 18.3. The molecule has 57 heavy (non-hydrogen) atoms. The summed E-state index contributed by atoms with van der Waals surface area (Å²) in [5.41, 5.74) is 2.68. The summed E-state index contributed by atoms with van der Waals surface area (Å²) < 4.78 is 25.9. The third kappa shape index (κ3) is 8.37. The Hall–Kier alpha value is -6.89. The lowest BCUT2D eigenvalue weighted by Crippen LogP contribution is -2.39. The predicted octanol–water partition coefficient (Wildman–Crippen LogP) is 7.25. The Morgan fingerprint density at radius 1 is 0.702 bits per heavy atom. The van der Waals surface area contributed by atoms with Gasteiger partial charge < -0.3 is 33.9 Å². The minimum absolute atomic E-state index is 0.127. The molecule has 12 heteroatoms. The normalized spacial score (nSPS) is 12.4. The lowest BCUT2D eigenvalue weighted by atomic mass is 9.79. The second-order valence-electron chi connectivity index (χ2n) is 13.1. The molecular formula is C45H41N5O7. The number of carbonyl (C=O) groups is 2. The van der Waals surface area contributed by atoms with E-state index in [4.69, 9.17) is 18.9 Å². The average Bonchev–Trinajstić information content (AvgIpc) is 3.72. The van der Waals surface area contributed by atoms with Crippen LogP contribution in [-0.2, 0) is 15.1 Å². The van der Waals surface area contributed by atoms with E-state index >= 15 is 0 Å². The van der Waals surface area contributed by atoms with Crippen LogP contribution >= 0.6 is 0 Å². The monoisotopic (exact) mass is 763 g/mol. The smallest absolute Gasteiger partial charge is 0.338 e. The van der Waals surface area contributed by atoms with Gasteiger partial charge in [0, 0.05) is 12.0 Å². The highest BCUT2D eigenvalue weighted by Crippen LogP contribution is 2.43. The zero-order chi connectivity index (χ0) is 39.6. The first-order valence-electron chi connectivity index (χ1n) is 18.3. The number of esters is 1. The van der Waals surface area contributed by atoms with Crippen molar-refractivity contribution >= 4 is 28.9 Å². The summed E-state index contributed by atoms with van der Waals surface area (Å²) in [6.45, 7) is -0.526. The van der Waals surface area contributed by atoms with Crippen molar-refractivity contribution in [1.82, 2.24) is 19.5 Å². The molecule has 0 bridgehead atoms. The Labute approximate surface area is 329 Å². The van der Waals surface area contributed by atoms with Gasteiger partial charge in [-0.3, -0.25) is 4.79 Å². The Bertz CT molecular complexity index is 2340. The molecule has 0 saturated heterocycles. The molecule has 0 saturated carbocycles. The molecule has 0 spiro atoms. The average molecular weight is 764 g/mol. The van der Waals surface area contributed by atoms with E-state index in [2.05, 4.69) is 20.3 Å². The molecule has 2 unspecified atom stereocenters. The van der Waals surface area contributed by atoms with Crippen molar-refractivity contribution in [2.75, 3.05) is 32.8 Å². The number of aliphatic hydroxyl groups excluding tert-OH is 1. The molecule has 7 aromatic rings. The molecule has 2 N–H and O–H groups in total. The van der Waals surface area contributed by atoms with E-state index in [0.717, 1.165) is 16.7 Å². The fourth-order valence-electron chi connectivity index (χ4n) is 6.81. The van der Waals surface area contributed by atoms with Crippen LogP contribution < -0.4 is 14.8 Å². The molecule has 2 atom stereocenters. The van der Waals surface area contributed by atoms with Gasteiger partial charge in [0.05, 0.1) is 44.9 Å². The van der Waals surface area contributed by atoms with Crippen LogP contribution in [0.4, 0.5) is 5.82 Å². The lowest BCUT2D eigenvalue weighted by molar-refractivity contribution is -0.0805. The number of nitrogens with zero attached hydrogens (tertiary/aromatic N) is 4. The number of aliphatic hydroxyl groups is 1. The van der Waals surface area contributed by atoms with E-state index in [1.807, 2.05) is 91.0 Å². The Kier molecular flexibility index (Phi) is 11.9. The molecule has 1 amide bonds. The second-order valence-corrected chi connectivity index (χ2v) is 13.1. The highest BCUT2D eigenvalue weighted by Gasteiger charge is 2.41. The summed E-state index contributed by atoms with van der Waals surface area (Å²) in [6, 6.07) is 41.8. The molecule has 288 valence electrons. The first kappa shape index (κ1) is 38.4. The Morgan fingerprint density at radius 3 is 1.81 bits per heavy atom. The topological polar surface area (TPSA) is 147 Å². The molecule has 0 radical (unpaired) electrons. The summed E-state index contributed by atoms with van der Waals surface area (Å²) in [4.78, 5) is 39.9. The maximum absolute atomic E-state index is 13.3. The van der Waals surface area contributed by atoms with Crippen molar-refractivity contribution in [1.29, 1.82) is 0 Å². The highest BCUT2D eigenvalue weighted by molar-refractivity contribution is 6.06. The number of aromatic nitrogens is 4. The number of imidazole rings is 1. The number of amides is 1. The van der Waals surface area contributed by atoms with Gasteiger partial charge in [-0.1, -0.05) is 91.0 Å². The predicted molar refractivity (Wildman–Crippen MR) is 214 cm³/mol. The molecule has 5 aromatic carbocycles. The molecular weight excluding hydrogens is 723 g/mol. The molecule has 12 nitrogen and oxygen atoms in total. The van der Waals surface area contributed by atoms with Crippen LogP contribution in [0.3, 0.4) is 0 Å². The van der Waals surface area contributed by atoms with E-state index in [-0.39, 0.29) is 24.8 Å². The van der Waals surface area contributed by atoms with Gasteiger partial charge in [0.15, 0.2) is 17.0 Å². The van der Waals surface area contributed by atoms with Crippen LogP contribution in [0.1, 0.15) is 49.9 Å². The maximum atomic E-state index is 13.3. The number of carbonyl (C=O) groups excluding carboxylic acids is 2. The summed E-state index contributed by atoms with van der Waals surface area (Å²) >= 11 is 0.